The second kappa shape index (κ2) is 8.08. The zero-order valence-electron chi connectivity index (χ0n) is 12.1. The van der Waals surface area contributed by atoms with E-state index in [1.807, 2.05) is 0 Å². The Hall–Kier alpha value is -1.10. The Bertz CT molecular complexity index is 267. The van der Waals surface area contributed by atoms with E-state index in [0.29, 0.717) is 18.4 Å². The molecule has 2 N–H and O–H groups in total. The van der Waals surface area contributed by atoms with Crippen LogP contribution in [-0.2, 0) is 9.59 Å². The molecule has 0 saturated heterocycles. The van der Waals surface area contributed by atoms with Gasteiger partial charge in [-0.15, -0.1) is 0 Å². The number of amides is 1. The maximum absolute atomic E-state index is 11.1. The average Bonchev–Trinajstić information content (AvgIpc) is 2.13. The first-order valence-corrected chi connectivity index (χ1v) is 6.44. The lowest BCUT2D eigenvalue weighted by atomic mass is 10.1. The Balaban J connectivity index is 4.57. The summed E-state index contributed by atoms with van der Waals surface area (Å²) >= 11 is 0. The number of aliphatic carboxylic acids is 1. The van der Waals surface area contributed by atoms with Crippen LogP contribution in [0.1, 0.15) is 34.6 Å². The van der Waals surface area contributed by atoms with E-state index in [-0.39, 0.29) is 5.91 Å². The van der Waals surface area contributed by atoms with E-state index in [9.17, 15) is 9.59 Å². The Morgan fingerprint density at radius 1 is 1.06 bits per heavy atom. The van der Waals surface area contributed by atoms with E-state index in [1.54, 1.807) is 0 Å². The van der Waals surface area contributed by atoms with Crippen molar-refractivity contribution >= 4 is 11.9 Å². The van der Waals surface area contributed by atoms with Gasteiger partial charge < -0.3 is 15.3 Å². The lowest BCUT2D eigenvalue weighted by Crippen LogP contribution is -2.49. The quantitative estimate of drug-likeness (QED) is 0.686. The van der Waals surface area contributed by atoms with Crippen LogP contribution in [0.2, 0.25) is 0 Å². The van der Waals surface area contributed by atoms with Crippen molar-refractivity contribution in [1.82, 2.24) is 10.2 Å². The fourth-order valence-electron chi connectivity index (χ4n) is 1.95. The van der Waals surface area contributed by atoms with Crippen LogP contribution in [0.15, 0.2) is 0 Å². The predicted octanol–water partition coefficient (Wildman–Crippen LogP) is 1.19. The molecule has 5 heteroatoms. The molecule has 1 amide bonds. The van der Waals surface area contributed by atoms with E-state index in [0.717, 1.165) is 13.1 Å². The van der Waals surface area contributed by atoms with Gasteiger partial charge in [-0.1, -0.05) is 27.7 Å². The largest absolute Gasteiger partial charge is 0.480 e. The number of nitrogens with zero attached hydrogens (tertiary/aromatic N) is 1. The van der Waals surface area contributed by atoms with Gasteiger partial charge in [-0.25, -0.2) is 4.79 Å². The minimum absolute atomic E-state index is 0.309. The van der Waals surface area contributed by atoms with Crippen LogP contribution in [0.4, 0.5) is 0 Å². The van der Waals surface area contributed by atoms with Gasteiger partial charge in [0, 0.05) is 26.6 Å². The molecule has 0 aliphatic heterocycles. The number of carboxylic acids is 1. The molecule has 1 atom stereocenters. The monoisotopic (exact) mass is 258 g/mol. The summed E-state index contributed by atoms with van der Waals surface area (Å²) < 4.78 is 0. The standard InChI is InChI=1S/C13H26N2O3/c1-9(2)6-15(7-10(3)4)8-12(13(17)18)14-11(5)16/h9-10,12H,6-8H2,1-5H3,(H,14,16)(H,17,18). The highest BCUT2D eigenvalue weighted by Crippen LogP contribution is 2.05. The Labute approximate surface area is 110 Å². The van der Waals surface area contributed by atoms with Crippen molar-refractivity contribution in [2.24, 2.45) is 11.8 Å². The summed E-state index contributed by atoms with van der Waals surface area (Å²) in [5.41, 5.74) is 0. The van der Waals surface area contributed by atoms with Crippen LogP contribution in [0.5, 0.6) is 0 Å². The molecule has 0 aromatic carbocycles. The molecule has 0 aromatic heterocycles. The first kappa shape index (κ1) is 16.9. The second-order valence-corrected chi connectivity index (χ2v) is 5.60. The molecule has 0 aliphatic rings. The van der Waals surface area contributed by atoms with Crippen molar-refractivity contribution in [3.05, 3.63) is 0 Å². The number of carboxylic acid groups (broad SMARTS) is 1. The number of hydrogen-bond acceptors (Lipinski definition) is 3. The van der Waals surface area contributed by atoms with Gasteiger partial charge in [0.05, 0.1) is 0 Å². The van der Waals surface area contributed by atoms with Crippen LogP contribution in [0.3, 0.4) is 0 Å². The summed E-state index contributed by atoms with van der Waals surface area (Å²) in [6.07, 6.45) is 0. The summed E-state index contributed by atoms with van der Waals surface area (Å²) in [4.78, 5) is 24.2. The SMILES string of the molecule is CC(=O)NC(CN(CC(C)C)CC(C)C)C(=O)O. The van der Waals surface area contributed by atoms with Gasteiger partial charge >= 0.3 is 5.97 Å². The molecule has 0 aromatic rings. The Kier molecular flexibility index (Phi) is 7.59. The number of hydrogen-bond donors (Lipinski definition) is 2. The van der Waals surface area contributed by atoms with Gasteiger partial charge in [-0.2, -0.15) is 0 Å². The molecule has 5 nitrogen and oxygen atoms in total. The highest BCUT2D eigenvalue weighted by atomic mass is 16.4. The maximum Gasteiger partial charge on any atom is 0.327 e. The van der Waals surface area contributed by atoms with Crippen LogP contribution in [0, 0.1) is 11.8 Å². The highest BCUT2D eigenvalue weighted by Gasteiger charge is 2.22. The van der Waals surface area contributed by atoms with E-state index in [1.165, 1.54) is 6.92 Å². The van der Waals surface area contributed by atoms with Crippen LogP contribution in [-0.4, -0.2) is 47.6 Å². The third-order valence-electron chi connectivity index (χ3n) is 2.36. The third-order valence-corrected chi connectivity index (χ3v) is 2.36. The predicted molar refractivity (Wildman–Crippen MR) is 71.4 cm³/mol. The summed E-state index contributed by atoms with van der Waals surface area (Å²) in [6, 6.07) is -0.833. The minimum atomic E-state index is -0.984. The molecule has 0 bridgehead atoms. The zero-order valence-corrected chi connectivity index (χ0v) is 12.1. The summed E-state index contributed by atoms with van der Waals surface area (Å²) in [5, 5.41) is 11.6. The minimum Gasteiger partial charge on any atom is -0.480 e. The molecule has 1 unspecified atom stereocenters. The first-order chi connectivity index (χ1) is 8.22. The topological polar surface area (TPSA) is 69.6 Å². The average molecular weight is 258 g/mol. The lowest BCUT2D eigenvalue weighted by molar-refractivity contribution is -0.142. The molecular formula is C13H26N2O3. The van der Waals surface area contributed by atoms with Crippen molar-refractivity contribution in [3.8, 4) is 0 Å². The summed E-state index contributed by atoms with van der Waals surface area (Å²) in [5.74, 6) is -0.356. The zero-order chi connectivity index (χ0) is 14.3. The van der Waals surface area contributed by atoms with Crippen molar-refractivity contribution in [2.75, 3.05) is 19.6 Å². The van der Waals surface area contributed by atoms with Crippen LogP contribution in [0.25, 0.3) is 0 Å². The van der Waals surface area contributed by atoms with Crippen molar-refractivity contribution in [1.29, 1.82) is 0 Å². The Morgan fingerprint density at radius 2 is 1.50 bits per heavy atom. The lowest BCUT2D eigenvalue weighted by Gasteiger charge is -2.28. The van der Waals surface area contributed by atoms with Gasteiger partial charge in [-0.05, 0) is 11.8 Å². The highest BCUT2D eigenvalue weighted by molar-refractivity contribution is 5.82. The van der Waals surface area contributed by atoms with E-state index < -0.39 is 12.0 Å². The van der Waals surface area contributed by atoms with E-state index >= 15 is 0 Å². The Morgan fingerprint density at radius 3 is 1.78 bits per heavy atom. The number of carbonyl (C=O) groups is 2. The third kappa shape index (κ3) is 8.06. The molecule has 0 fully saturated rings. The molecular weight excluding hydrogens is 232 g/mol. The molecule has 106 valence electrons. The second-order valence-electron chi connectivity index (χ2n) is 5.60. The fraction of sp³-hybridized carbons (Fsp3) is 0.846. The first-order valence-electron chi connectivity index (χ1n) is 6.44. The molecule has 0 aliphatic carbocycles. The molecule has 0 radical (unpaired) electrons. The number of carbonyl (C=O) groups excluding carboxylic acids is 1. The van der Waals surface area contributed by atoms with Crippen molar-refractivity contribution in [3.63, 3.8) is 0 Å². The van der Waals surface area contributed by atoms with Gasteiger partial charge in [0.1, 0.15) is 6.04 Å². The number of nitrogens with one attached hydrogen (secondary N) is 1. The summed E-state index contributed by atoms with van der Waals surface area (Å²) in [6.45, 7) is 11.8. The van der Waals surface area contributed by atoms with Crippen molar-refractivity contribution in [2.45, 2.75) is 40.7 Å². The maximum atomic E-state index is 11.1. The molecule has 0 spiro atoms. The van der Waals surface area contributed by atoms with Crippen LogP contribution < -0.4 is 5.32 Å². The van der Waals surface area contributed by atoms with Gasteiger partial charge in [0.25, 0.3) is 0 Å². The van der Waals surface area contributed by atoms with Gasteiger partial charge in [0.2, 0.25) is 5.91 Å². The number of rotatable bonds is 8. The van der Waals surface area contributed by atoms with Gasteiger partial charge in [-0.3, -0.25) is 4.79 Å². The van der Waals surface area contributed by atoms with Crippen molar-refractivity contribution < 1.29 is 14.7 Å². The van der Waals surface area contributed by atoms with E-state index in [4.69, 9.17) is 5.11 Å². The summed E-state index contributed by atoms with van der Waals surface area (Å²) in [7, 11) is 0. The molecule has 0 heterocycles. The van der Waals surface area contributed by atoms with Crippen LogP contribution >= 0.6 is 0 Å². The normalized spacial score (nSPS) is 13.1. The fourth-order valence-corrected chi connectivity index (χ4v) is 1.95. The molecule has 18 heavy (non-hydrogen) atoms. The smallest absolute Gasteiger partial charge is 0.327 e. The van der Waals surface area contributed by atoms with Gasteiger partial charge in [0.15, 0.2) is 0 Å². The molecule has 0 rings (SSSR count). The molecule has 0 saturated carbocycles. The van der Waals surface area contributed by atoms with E-state index in [2.05, 4.69) is 37.9 Å².